The SMILES string of the molecule is CCCCCC1CCc2c(c3ccc(Br)cc3n2-c2ccc(-c3ccc(-n4c5c(c6ccc(Br)cc64)CC(CCCCC)CC5)cc3)cc2)C1. The largest absolute Gasteiger partial charge is 0.313 e. The zero-order chi connectivity index (χ0) is 34.2. The number of aromatic nitrogens is 2. The van der Waals surface area contributed by atoms with Crippen molar-refractivity contribution in [1.29, 1.82) is 0 Å². The summed E-state index contributed by atoms with van der Waals surface area (Å²) in [6, 6.07) is 32.4. The average Bonchev–Trinajstić information content (AvgIpc) is 3.63. The van der Waals surface area contributed by atoms with Crippen LogP contribution in [0.25, 0.3) is 44.3 Å². The van der Waals surface area contributed by atoms with Crippen molar-refractivity contribution in [2.75, 3.05) is 0 Å². The summed E-state index contributed by atoms with van der Waals surface area (Å²) in [4.78, 5) is 0. The van der Waals surface area contributed by atoms with E-state index in [0.717, 1.165) is 33.6 Å². The minimum absolute atomic E-state index is 0.811. The van der Waals surface area contributed by atoms with Gasteiger partial charge in [-0.05, 0) is 121 Å². The molecule has 0 amide bonds. The maximum atomic E-state index is 3.78. The van der Waals surface area contributed by atoms with E-state index < -0.39 is 0 Å². The Morgan fingerprint density at radius 3 is 1.36 bits per heavy atom. The second-order valence-electron chi connectivity index (χ2n) is 15.1. The van der Waals surface area contributed by atoms with Crippen molar-refractivity contribution >= 4 is 53.7 Å². The molecule has 0 N–H and O–H groups in total. The summed E-state index contributed by atoms with van der Waals surface area (Å²) >= 11 is 7.56. The maximum absolute atomic E-state index is 3.78. The summed E-state index contributed by atoms with van der Waals surface area (Å²) in [5.74, 6) is 1.62. The van der Waals surface area contributed by atoms with Gasteiger partial charge in [-0.15, -0.1) is 0 Å². The van der Waals surface area contributed by atoms with Crippen LogP contribution in [0.15, 0.2) is 93.9 Å². The molecule has 2 nitrogen and oxygen atoms in total. The van der Waals surface area contributed by atoms with E-state index in [1.165, 1.54) is 133 Å². The second kappa shape index (κ2) is 14.9. The summed E-state index contributed by atoms with van der Waals surface area (Å²) in [6.45, 7) is 4.62. The summed E-state index contributed by atoms with van der Waals surface area (Å²) in [6.07, 6.45) is 18.1. The zero-order valence-electron chi connectivity index (χ0n) is 29.8. The molecule has 8 rings (SSSR count). The van der Waals surface area contributed by atoms with Crippen LogP contribution in [-0.4, -0.2) is 9.13 Å². The van der Waals surface area contributed by atoms with E-state index in [0.29, 0.717) is 0 Å². The normalized spacial score (nSPS) is 17.4. The fraction of sp³-hybridized carbons (Fsp3) is 0.391. The molecular formula is C46H50Br2N2. The van der Waals surface area contributed by atoms with Crippen LogP contribution in [0.2, 0.25) is 0 Å². The van der Waals surface area contributed by atoms with E-state index in [1.54, 1.807) is 11.1 Å². The highest BCUT2D eigenvalue weighted by molar-refractivity contribution is 9.10. The molecular weight excluding hydrogens is 740 g/mol. The summed E-state index contributed by atoms with van der Waals surface area (Å²) < 4.78 is 7.40. The van der Waals surface area contributed by atoms with E-state index in [9.17, 15) is 0 Å². The molecule has 2 heterocycles. The highest BCUT2D eigenvalue weighted by Crippen LogP contribution is 2.41. The summed E-state index contributed by atoms with van der Waals surface area (Å²) in [5, 5.41) is 2.86. The molecule has 0 radical (unpaired) electrons. The first-order valence-corrected chi connectivity index (χ1v) is 21.0. The van der Waals surface area contributed by atoms with E-state index in [-0.39, 0.29) is 0 Å². The quantitative estimate of drug-likeness (QED) is 0.116. The zero-order valence-corrected chi connectivity index (χ0v) is 33.0. The van der Waals surface area contributed by atoms with Crippen LogP contribution < -0.4 is 0 Å². The molecule has 2 aliphatic rings. The van der Waals surface area contributed by atoms with Crippen molar-refractivity contribution in [2.45, 2.75) is 104 Å². The first-order valence-electron chi connectivity index (χ1n) is 19.4. The Morgan fingerprint density at radius 2 is 0.960 bits per heavy atom. The van der Waals surface area contributed by atoms with Crippen LogP contribution in [0.1, 0.15) is 101 Å². The Balaban J connectivity index is 1.08. The molecule has 6 aromatic rings. The van der Waals surface area contributed by atoms with Crippen LogP contribution in [0, 0.1) is 11.8 Å². The van der Waals surface area contributed by atoms with Crippen molar-refractivity contribution in [3.63, 3.8) is 0 Å². The lowest BCUT2D eigenvalue weighted by Crippen LogP contribution is -2.15. The molecule has 2 aliphatic carbocycles. The van der Waals surface area contributed by atoms with Gasteiger partial charge in [0.25, 0.3) is 0 Å². The third-order valence-corrected chi connectivity index (χ3v) is 12.9. The number of halogens is 2. The highest BCUT2D eigenvalue weighted by atomic mass is 79.9. The van der Waals surface area contributed by atoms with Gasteiger partial charge in [-0.1, -0.05) is 133 Å². The summed E-state index contributed by atoms with van der Waals surface area (Å²) in [5.41, 5.74) is 13.9. The monoisotopic (exact) mass is 788 g/mol. The minimum atomic E-state index is 0.811. The third kappa shape index (κ3) is 6.56. The molecule has 0 saturated carbocycles. The Kier molecular flexibility index (Phi) is 10.1. The van der Waals surface area contributed by atoms with Gasteiger partial charge in [0.05, 0.1) is 11.0 Å². The van der Waals surface area contributed by atoms with E-state index in [2.05, 4.69) is 140 Å². The lowest BCUT2D eigenvalue weighted by Gasteiger charge is -2.24. The molecule has 2 unspecified atom stereocenters. The minimum Gasteiger partial charge on any atom is -0.313 e. The number of nitrogens with zero attached hydrogens (tertiary/aromatic N) is 2. The predicted molar refractivity (Wildman–Crippen MR) is 220 cm³/mol. The smallest absolute Gasteiger partial charge is 0.0545 e. The molecule has 258 valence electrons. The standard InChI is InChI=1S/C46H50Br2N2/c1-3-5-7-9-31-11-25-43-41(27-31)39-23-17-35(47)29-45(39)49(43)37-19-13-33(14-20-37)34-15-21-38(22-16-34)50-44-26-12-32(10-8-6-4-2)28-42(44)40-24-18-36(48)30-46(40)50/h13-24,29-32H,3-12,25-28H2,1-2H3. The fourth-order valence-corrected chi connectivity index (χ4v) is 9.96. The van der Waals surface area contributed by atoms with Crippen molar-refractivity contribution in [2.24, 2.45) is 11.8 Å². The molecule has 4 heteroatoms. The van der Waals surface area contributed by atoms with Crippen LogP contribution in [0.3, 0.4) is 0 Å². The topological polar surface area (TPSA) is 9.86 Å². The fourth-order valence-electron chi connectivity index (χ4n) is 9.26. The molecule has 2 aromatic heterocycles. The molecule has 0 saturated heterocycles. The van der Waals surface area contributed by atoms with Crippen LogP contribution in [0.4, 0.5) is 0 Å². The number of rotatable bonds is 11. The molecule has 50 heavy (non-hydrogen) atoms. The first kappa shape index (κ1) is 34.0. The van der Waals surface area contributed by atoms with Crippen LogP contribution in [-0.2, 0) is 25.7 Å². The van der Waals surface area contributed by atoms with Crippen molar-refractivity contribution in [1.82, 2.24) is 9.13 Å². The lowest BCUT2D eigenvalue weighted by molar-refractivity contribution is 0.406. The molecule has 0 bridgehead atoms. The van der Waals surface area contributed by atoms with E-state index >= 15 is 0 Å². The van der Waals surface area contributed by atoms with Gasteiger partial charge in [0, 0.05) is 42.5 Å². The van der Waals surface area contributed by atoms with Crippen molar-refractivity contribution in [3.05, 3.63) is 116 Å². The molecule has 0 aliphatic heterocycles. The van der Waals surface area contributed by atoms with Gasteiger partial charge < -0.3 is 9.13 Å². The number of unbranched alkanes of at least 4 members (excludes halogenated alkanes) is 4. The molecule has 0 spiro atoms. The van der Waals surface area contributed by atoms with Gasteiger partial charge >= 0.3 is 0 Å². The Labute approximate surface area is 315 Å². The van der Waals surface area contributed by atoms with Crippen LogP contribution >= 0.6 is 31.9 Å². The number of hydrogen-bond acceptors (Lipinski definition) is 0. The van der Waals surface area contributed by atoms with Gasteiger partial charge in [0.1, 0.15) is 0 Å². The molecule has 4 aromatic carbocycles. The van der Waals surface area contributed by atoms with Gasteiger partial charge in [-0.25, -0.2) is 0 Å². The second-order valence-corrected chi connectivity index (χ2v) is 17.0. The number of fused-ring (bicyclic) bond motifs is 6. The van der Waals surface area contributed by atoms with Gasteiger partial charge in [0.2, 0.25) is 0 Å². The molecule has 2 atom stereocenters. The van der Waals surface area contributed by atoms with Crippen LogP contribution in [0.5, 0.6) is 0 Å². The Morgan fingerprint density at radius 1 is 0.540 bits per heavy atom. The average molecular weight is 791 g/mol. The van der Waals surface area contributed by atoms with E-state index in [1.807, 2.05) is 0 Å². The van der Waals surface area contributed by atoms with Gasteiger partial charge in [-0.2, -0.15) is 0 Å². The Bertz CT molecular complexity index is 1960. The van der Waals surface area contributed by atoms with Gasteiger partial charge in [0.15, 0.2) is 0 Å². The lowest BCUT2D eigenvalue weighted by atomic mass is 9.83. The highest BCUT2D eigenvalue weighted by Gasteiger charge is 2.27. The van der Waals surface area contributed by atoms with Crippen molar-refractivity contribution < 1.29 is 0 Å². The summed E-state index contributed by atoms with van der Waals surface area (Å²) in [7, 11) is 0. The Hall–Kier alpha value is -3.08. The molecule has 0 fully saturated rings. The van der Waals surface area contributed by atoms with E-state index in [4.69, 9.17) is 0 Å². The predicted octanol–water partition coefficient (Wildman–Crippen LogP) is 14.1. The van der Waals surface area contributed by atoms with Gasteiger partial charge in [-0.3, -0.25) is 0 Å². The van der Waals surface area contributed by atoms with Crippen molar-refractivity contribution in [3.8, 4) is 22.5 Å². The maximum Gasteiger partial charge on any atom is 0.0545 e. The number of benzene rings is 4. The first-order chi connectivity index (χ1) is 24.5. The number of hydrogen-bond donors (Lipinski definition) is 0. The third-order valence-electron chi connectivity index (χ3n) is 11.9.